The van der Waals surface area contributed by atoms with Crippen molar-refractivity contribution in [1.29, 1.82) is 0 Å². The zero-order valence-electron chi connectivity index (χ0n) is 16.1. The summed E-state index contributed by atoms with van der Waals surface area (Å²) in [4.78, 5) is 12.7. The summed E-state index contributed by atoms with van der Waals surface area (Å²) in [6, 6.07) is 15.1. The van der Waals surface area contributed by atoms with Crippen molar-refractivity contribution >= 4 is 5.78 Å². The first-order valence-electron chi connectivity index (χ1n) is 8.95. The van der Waals surface area contributed by atoms with Gasteiger partial charge >= 0.3 is 0 Å². The Morgan fingerprint density at radius 1 is 0.962 bits per heavy atom. The fourth-order valence-corrected chi connectivity index (χ4v) is 2.79. The summed E-state index contributed by atoms with van der Waals surface area (Å²) in [5.41, 5.74) is 1.98. The first-order chi connectivity index (χ1) is 12.2. The molecule has 1 N–H and O–H groups in total. The van der Waals surface area contributed by atoms with E-state index in [9.17, 15) is 4.79 Å². The molecule has 0 saturated carbocycles. The molecule has 1 aliphatic rings. The van der Waals surface area contributed by atoms with Crippen molar-refractivity contribution < 1.29 is 14.3 Å². The number of ketones is 1. The van der Waals surface area contributed by atoms with Gasteiger partial charge in [0, 0.05) is 30.2 Å². The summed E-state index contributed by atoms with van der Waals surface area (Å²) in [5.74, 6) is 0.784. The molecule has 1 aliphatic heterocycles. The highest BCUT2D eigenvalue weighted by Gasteiger charge is 2.38. The van der Waals surface area contributed by atoms with Gasteiger partial charge in [0.05, 0.1) is 5.60 Å². The number of carbonyl (C=O) groups is 1. The van der Waals surface area contributed by atoms with E-state index in [-0.39, 0.29) is 23.0 Å². The molecular weight excluding hydrogens is 326 g/mol. The third-order valence-electron chi connectivity index (χ3n) is 5.65. The fourth-order valence-electron chi connectivity index (χ4n) is 2.79. The summed E-state index contributed by atoms with van der Waals surface area (Å²) in [6.07, 6.45) is 0.115. The van der Waals surface area contributed by atoms with Gasteiger partial charge in [-0.15, -0.1) is 0 Å². The van der Waals surface area contributed by atoms with Crippen LogP contribution in [-0.2, 0) is 10.2 Å². The standard InChI is InChI=1S/C22H27NO3/c1-21(2,22(3,4)25-5)17-10-6-15(7-11-17)20(24)16-8-12-18(13-9-16)26-19-14-23-19/h6-13,19,23H,14H2,1-5H3. The van der Waals surface area contributed by atoms with Gasteiger partial charge in [-0.05, 0) is 43.7 Å². The molecule has 1 unspecified atom stereocenters. The highest BCUT2D eigenvalue weighted by atomic mass is 16.5. The van der Waals surface area contributed by atoms with Gasteiger partial charge in [-0.1, -0.05) is 38.1 Å². The molecule has 0 bridgehead atoms. The van der Waals surface area contributed by atoms with Crippen molar-refractivity contribution in [3.63, 3.8) is 0 Å². The number of ether oxygens (including phenoxy) is 2. The smallest absolute Gasteiger partial charge is 0.193 e. The highest BCUT2D eigenvalue weighted by Crippen LogP contribution is 2.37. The van der Waals surface area contributed by atoms with Gasteiger partial charge in [-0.2, -0.15) is 0 Å². The van der Waals surface area contributed by atoms with Crippen LogP contribution in [0.15, 0.2) is 48.5 Å². The largest absolute Gasteiger partial charge is 0.474 e. The molecule has 2 aromatic carbocycles. The van der Waals surface area contributed by atoms with Crippen LogP contribution in [0.25, 0.3) is 0 Å². The van der Waals surface area contributed by atoms with E-state index < -0.39 is 0 Å². The molecule has 1 atom stereocenters. The van der Waals surface area contributed by atoms with Crippen LogP contribution < -0.4 is 10.1 Å². The Kier molecular flexibility index (Phi) is 4.91. The van der Waals surface area contributed by atoms with E-state index in [2.05, 4.69) is 33.0 Å². The molecule has 0 amide bonds. The van der Waals surface area contributed by atoms with E-state index in [1.165, 1.54) is 0 Å². The average Bonchev–Trinajstić information content (AvgIpc) is 3.45. The summed E-state index contributed by atoms with van der Waals surface area (Å²) >= 11 is 0. The molecule has 0 aromatic heterocycles. The molecule has 26 heavy (non-hydrogen) atoms. The Bertz CT molecular complexity index is 772. The number of nitrogens with one attached hydrogen (secondary N) is 1. The van der Waals surface area contributed by atoms with E-state index >= 15 is 0 Å². The molecule has 138 valence electrons. The second-order valence-corrected chi connectivity index (χ2v) is 7.79. The van der Waals surface area contributed by atoms with Gasteiger partial charge in [-0.3, -0.25) is 10.1 Å². The number of benzene rings is 2. The highest BCUT2D eigenvalue weighted by molar-refractivity contribution is 6.09. The van der Waals surface area contributed by atoms with Gasteiger partial charge < -0.3 is 9.47 Å². The zero-order valence-corrected chi connectivity index (χ0v) is 16.1. The molecule has 0 spiro atoms. The SMILES string of the molecule is COC(C)(C)C(C)(C)c1ccc(C(=O)c2ccc(OC3CN3)cc2)cc1. The van der Waals surface area contributed by atoms with Crippen LogP contribution in [0.5, 0.6) is 5.75 Å². The minimum absolute atomic E-state index is 0.0106. The van der Waals surface area contributed by atoms with Crippen LogP contribution >= 0.6 is 0 Å². The van der Waals surface area contributed by atoms with Gasteiger partial charge in [0.25, 0.3) is 0 Å². The Morgan fingerprint density at radius 3 is 1.92 bits per heavy atom. The summed E-state index contributed by atoms with van der Waals surface area (Å²) in [6.45, 7) is 9.34. The fraction of sp³-hybridized carbons (Fsp3) is 0.409. The van der Waals surface area contributed by atoms with E-state index in [1.54, 1.807) is 7.11 Å². The predicted octanol–water partition coefficient (Wildman–Crippen LogP) is 3.93. The Morgan fingerprint density at radius 2 is 1.46 bits per heavy atom. The number of hydrogen-bond donors (Lipinski definition) is 1. The lowest BCUT2D eigenvalue weighted by atomic mass is 9.71. The van der Waals surface area contributed by atoms with Gasteiger partial charge in [0.1, 0.15) is 5.75 Å². The molecule has 2 aromatic rings. The molecular formula is C22H27NO3. The van der Waals surface area contributed by atoms with Crippen LogP contribution in [0, 0.1) is 0 Å². The molecule has 0 radical (unpaired) electrons. The summed E-state index contributed by atoms with van der Waals surface area (Å²) < 4.78 is 11.3. The second-order valence-electron chi connectivity index (χ2n) is 7.79. The molecule has 4 heteroatoms. The van der Waals surface area contributed by atoms with Crippen LogP contribution in [-0.4, -0.2) is 31.3 Å². The van der Waals surface area contributed by atoms with Crippen LogP contribution in [0.3, 0.4) is 0 Å². The topological polar surface area (TPSA) is 57.5 Å². The number of methoxy groups -OCH3 is 1. The Hall–Kier alpha value is -2.17. The van der Waals surface area contributed by atoms with E-state index in [0.717, 1.165) is 17.9 Å². The minimum Gasteiger partial charge on any atom is -0.474 e. The zero-order chi connectivity index (χ0) is 18.9. The lowest BCUT2D eigenvalue weighted by Crippen LogP contribution is -2.44. The second kappa shape index (κ2) is 6.86. The summed E-state index contributed by atoms with van der Waals surface area (Å²) in [7, 11) is 1.73. The third kappa shape index (κ3) is 3.67. The molecule has 1 fully saturated rings. The predicted molar refractivity (Wildman–Crippen MR) is 103 cm³/mol. The van der Waals surface area contributed by atoms with Crippen LogP contribution in [0.2, 0.25) is 0 Å². The molecule has 1 saturated heterocycles. The van der Waals surface area contributed by atoms with Crippen molar-refractivity contribution in [2.45, 2.75) is 44.9 Å². The molecule has 1 heterocycles. The molecule has 4 nitrogen and oxygen atoms in total. The first kappa shape index (κ1) is 18.6. The van der Waals surface area contributed by atoms with E-state index in [1.807, 2.05) is 48.5 Å². The maximum atomic E-state index is 12.7. The average molecular weight is 353 g/mol. The van der Waals surface area contributed by atoms with Crippen molar-refractivity contribution in [1.82, 2.24) is 5.32 Å². The van der Waals surface area contributed by atoms with E-state index in [0.29, 0.717) is 11.1 Å². The monoisotopic (exact) mass is 353 g/mol. The Labute approximate surface area is 155 Å². The first-order valence-corrected chi connectivity index (χ1v) is 8.95. The minimum atomic E-state index is -0.315. The lowest BCUT2D eigenvalue weighted by Gasteiger charge is -2.41. The van der Waals surface area contributed by atoms with Crippen molar-refractivity contribution in [3.05, 3.63) is 65.2 Å². The van der Waals surface area contributed by atoms with Crippen molar-refractivity contribution in [3.8, 4) is 5.75 Å². The maximum Gasteiger partial charge on any atom is 0.193 e. The van der Waals surface area contributed by atoms with Gasteiger partial charge in [-0.25, -0.2) is 0 Å². The maximum absolute atomic E-state index is 12.7. The summed E-state index contributed by atoms with van der Waals surface area (Å²) in [5, 5.41) is 3.08. The normalized spacial score (nSPS) is 17.0. The van der Waals surface area contributed by atoms with Gasteiger partial charge in [0.2, 0.25) is 0 Å². The van der Waals surface area contributed by atoms with E-state index in [4.69, 9.17) is 9.47 Å². The number of carbonyl (C=O) groups excluding carboxylic acids is 1. The van der Waals surface area contributed by atoms with Crippen molar-refractivity contribution in [2.24, 2.45) is 0 Å². The van der Waals surface area contributed by atoms with Crippen LogP contribution in [0.4, 0.5) is 0 Å². The molecule has 0 aliphatic carbocycles. The molecule has 3 rings (SSSR count). The number of rotatable bonds is 7. The van der Waals surface area contributed by atoms with Crippen LogP contribution in [0.1, 0.15) is 49.2 Å². The number of hydrogen-bond acceptors (Lipinski definition) is 4. The quantitative estimate of drug-likeness (QED) is 0.605. The van der Waals surface area contributed by atoms with Gasteiger partial charge in [0.15, 0.2) is 12.0 Å². The third-order valence-corrected chi connectivity index (χ3v) is 5.65. The Balaban J connectivity index is 1.76. The van der Waals surface area contributed by atoms with Crippen molar-refractivity contribution in [2.75, 3.05) is 13.7 Å². The lowest BCUT2D eigenvalue weighted by molar-refractivity contribution is -0.0341.